The third kappa shape index (κ3) is 0.843. The molecule has 0 radical (unpaired) electrons. The molecule has 2 nitrogen and oxygen atoms in total. The van der Waals surface area contributed by atoms with E-state index in [1.54, 1.807) is 0 Å². The molecule has 0 unspecified atom stereocenters. The Labute approximate surface area is 71.6 Å². The van der Waals surface area contributed by atoms with Gasteiger partial charge in [0.15, 0.2) is 0 Å². The highest BCUT2D eigenvalue weighted by molar-refractivity contribution is 5.83. The van der Waals surface area contributed by atoms with Gasteiger partial charge in [-0.25, -0.2) is 0 Å². The van der Waals surface area contributed by atoms with Crippen LogP contribution in [-0.4, -0.2) is 10.2 Å². The van der Waals surface area contributed by atoms with Gasteiger partial charge in [0.2, 0.25) is 0 Å². The number of aryl methyl sites for hydroxylation is 2. The van der Waals surface area contributed by atoms with Crippen LogP contribution in [0, 0.1) is 20.8 Å². The summed E-state index contributed by atoms with van der Waals surface area (Å²) in [6, 6.07) is 2.17. The molecule has 0 amide bonds. The van der Waals surface area contributed by atoms with Crippen molar-refractivity contribution >= 4 is 10.9 Å². The summed E-state index contributed by atoms with van der Waals surface area (Å²) in [4.78, 5) is 0. The molecule has 0 bridgehead atoms. The number of benzene rings is 1. The van der Waals surface area contributed by atoms with Gasteiger partial charge in [-0.15, -0.1) is 0 Å². The lowest BCUT2D eigenvalue weighted by Gasteiger charge is -2.04. The van der Waals surface area contributed by atoms with Crippen molar-refractivity contribution in [2.24, 2.45) is 0 Å². The van der Waals surface area contributed by atoms with Gasteiger partial charge >= 0.3 is 0 Å². The van der Waals surface area contributed by atoms with Crippen molar-refractivity contribution in [2.45, 2.75) is 20.8 Å². The van der Waals surface area contributed by atoms with Crippen molar-refractivity contribution < 1.29 is 0 Å². The highest BCUT2D eigenvalue weighted by Gasteiger charge is 2.04. The molecule has 1 heterocycles. The summed E-state index contributed by atoms with van der Waals surface area (Å²) in [6.07, 6.45) is 1.87. The van der Waals surface area contributed by atoms with Crippen LogP contribution in [0.3, 0.4) is 0 Å². The van der Waals surface area contributed by atoms with E-state index in [0.29, 0.717) is 0 Å². The van der Waals surface area contributed by atoms with E-state index in [-0.39, 0.29) is 0 Å². The molecule has 0 aliphatic carbocycles. The maximum Gasteiger partial charge on any atom is 0.0682 e. The minimum atomic E-state index is 1.16. The monoisotopic (exact) mass is 160 g/mol. The second kappa shape index (κ2) is 2.34. The van der Waals surface area contributed by atoms with Crippen LogP contribution in [-0.2, 0) is 0 Å². The zero-order valence-corrected chi connectivity index (χ0v) is 7.60. The molecule has 0 aliphatic rings. The predicted octanol–water partition coefficient (Wildman–Crippen LogP) is 2.49. The number of rotatable bonds is 0. The first kappa shape index (κ1) is 7.35. The first-order chi connectivity index (χ1) is 5.70. The molecule has 2 aromatic rings. The topological polar surface area (TPSA) is 28.7 Å². The lowest BCUT2D eigenvalue weighted by molar-refractivity contribution is 1.11. The fourth-order valence-corrected chi connectivity index (χ4v) is 1.53. The molecular weight excluding hydrogens is 148 g/mol. The number of hydrogen-bond acceptors (Lipinski definition) is 1. The molecule has 0 spiro atoms. The van der Waals surface area contributed by atoms with E-state index >= 15 is 0 Å². The van der Waals surface area contributed by atoms with Gasteiger partial charge in [0.1, 0.15) is 0 Å². The first-order valence-corrected chi connectivity index (χ1v) is 4.10. The van der Waals surface area contributed by atoms with E-state index < -0.39 is 0 Å². The largest absolute Gasteiger partial charge is 0.278 e. The minimum absolute atomic E-state index is 1.16. The van der Waals surface area contributed by atoms with Crippen LogP contribution < -0.4 is 0 Å². The van der Waals surface area contributed by atoms with Gasteiger partial charge in [0.05, 0.1) is 11.7 Å². The molecule has 1 N–H and O–H groups in total. The summed E-state index contributed by atoms with van der Waals surface area (Å²) in [5, 5.41) is 8.23. The first-order valence-electron chi connectivity index (χ1n) is 4.10. The summed E-state index contributed by atoms with van der Waals surface area (Å²) in [6.45, 7) is 6.41. The second-order valence-corrected chi connectivity index (χ2v) is 3.28. The number of nitrogens with one attached hydrogen (secondary N) is 1. The predicted molar refractivity (Wildman–Crippen MR) is 50.3 cm³/mol. The molecule has 1 aromatic carbocycles. The zero-order chi connectivity index (χ0) is 8.72. The van der Waals surface area contributed by atoms with Crippen LogP contribution >= 0.6 is 0 Å². The molecule has 0 saturated carbocycles. The van der Waals surface area contributed by atoms with Crippen LogP contribution in [0.5, 0.6) is 0 Å². The Morgan fingerprint density at radius 1 is 1.17 bits per heavy atom. The van der Waals surface area contributed by atoms with Gasteiger partial charge in [-0.2, -0.15) is 5.10 Å². The molecule has 0 fully saturated rings. The van der Waals surface area contributed by atoms with Crippen LogP contribution in [0.2, 0.25) is 0 Å². The van der Waals surface area contributed by atoms with E-state index in [4.69, 9.17) is 0 Å². The summed E-state index contributed by atoms with van der Waals surface area (Å²) in [5.41, 5.74) is 5.16. The Kier molecular flexibility index (Phi) is 1.43. The number of aromatic amines is 1. The van der Waals surface area contributed by atoms with Gasteiger partial charge in [-0.1, -0.05) is 0 Å². The zero-order valence-electron chi connectivity index (χ0n) is 7.60. The Morgan fingerprint density at radius 3 is 2.67 bits per heavy atom. The average Bonchev–Trinajstić information content (AvgIpc) is 2.48. The number of nitrogens with zero attached hydrogens (tertiary/aromatic N) is 1. The molecule has 0 aliphatic heterocycles. The van der Waals surface area contributed by atoms with Gasteiger partial charge in [-0.05, 0) is 43.5 Å². The summed E-state index contributed by atoms with van der Waals surface area (Å²) >= 11 is 0. The van der Waals surface area contributed by atoms with Crippen molar-refractivity contribution in [1.82, 2.24) is 10.2 Å². The molecule has 12 heavy (non-hydrogen) atoms. The fourth-order valence-electron chi connectivity index (χ4n) is 1.53. The third-order valence-electron chi connectivity index (χ3n) is 2.57. The number of H-pyrrole nitrogens is 1. The number of fused-ring (bicyclic) bond motifs is 1. The second-order valence-electron chi connectivity index (χ2n) is 3.28. The van der Waals surface area contributed by atoms with Gasteiger partial charge in [-0.3, -0.25) is 5.10 Å². The maximum absolute atomic E-state index is 4.02. The van der Waals surface area contributed by atoms with Crippen LogP contribution in [0.15, 0.2) is 12.3 Å². The lowest BCUT2D eigenvalue weighted by Crippen LogP contribution is -1.87. The summed E-state index contributed by atoms with van der Waals surface area (Å²) in [7, 11) is 0. The molecule has 1 aromatic heterocycles. The number of aromatic nitrogens is 2. The van der Waals surface area contributed by atoms with E-state index in [1.165, 1.54) is 22.1 Å². The molecule has 0 saturated heterocycles. The van der Waals surface area contributed by atoms with E-state index in [9.17, 15) is 0 Å². The van der Waals surface area contributed by atoms with Crippen LogP contribution in [0.4, 0.5) is 0 Å². The Hall–Kier alpha value is -1.31. The quantitative estimate of drug-likeness (QED) is 0.630. The Balaban J connectivity index is 2.94. The standard InChI is InChI=1S/C10H12N2/c1-6-4-9-5-11-12-10(9)8(3)7(6)2/h4-5H,1-3H3,(H,11,12). The molecule has 0 atom stereocenters. The van der Waals surface area contributed by atoms with Crippen molar-refractivity contribution in [2.75, 3.05) is 0 Å². The Morgan fingerprint density at radius 2 is 1.92 bits per heavy atom. The Bertz CT molecular complexity index is 427. The van der Waals surface area contributed by atoms with Gasteiger partial charge < -0.3 is 0 Å². The van der Waals surface area contributed by atoms with Crippen LogP contribution in [0.1, 0.15) is 16.7 Å². The van der Waals surface area contributed by atoms with Gasteiger partial charge in [0, 0.05) is 5.39 Å². The molecule has 2 heteroatoms. The lowest BCUT2D eigenvalue weighted by atomic mass is 10.0. The highest BCUT2D eigenvalue weighted by atomic mass is 15.1. The summed E-state index contributed by atoms with van der Waals surface area (Å²) in [5.74, 6) is 0. The number of hydrogen-bond donors (Lipinski definition) is 1. The third-order valence-corrected chi connectivity index (χ3v) is 2.57. The minimum Gasteiger partial charge on any atom is -0.278 e. The van der Waals surface area contributed by atoms with Crippen LogP contribution in [0.25, 0.3) is 10.9 Å². The molecule has 2 rings (SSSR count). The summed E-state index contributed by atoms with van der Waals surface area (Å²) < 4.78 is 0. The van der Waals surface area contributed by atoms with E-state index in [2.05, 4.69) is 37.0 Å². The fraction of sp³-hybridized carbons (Fsp3) is 0.300. The van der Waals surface area contributed by atoms with Crippen molar-refractivity contribution in [3.63, 3.8) is 0 Å². The van der Waals surface area contributed by atoms with E-state index in [1.807, 2.05) is 6.20 Å². The van der Waals surface area contributed by atoms with Gasteiger partial charge in [0.25, 0.3) is 0 Å². The average molecular weight is 160 g/mol. The smallest absolute Gasteiger partial charge is 0.0682 e. The maximum atomic E-state index is 4.02. The SMILES string of the molecule is Cc1cc2cn[nH]c2c(C)c1C. The molecule has 62 valence electrons. The highest BCUT2D eigenvalue weighted by Crippen LogP contribution is 2.21. The van der Waals surface area contributed by atoms with E-state index in [0.717, 1.165) is 5.52 Å². The van der Waals surface area contributed by atoms with Crippen molar-refractivity contribution in [1.29, 1.82) is 0 Å². The van der Waals surface area contributed by atoms with Crippen molar-refractivity contribution in [3.05, 3.63) is 29.0 Å². The molecular formula is C10H12N2. The van der Waals surface area contributed by atoms with Crippen molar-refractivity contribution in [3.8, 4) is 0 Å². The normalized spacial score (nSPS) is 10.9.